The first kappa shape index (κ1) is 19.7. The van der Waals surface area contributed by atoms with Crippen LogP contribution in [0, 0.1) is 6.92 Å². The van der Waals surface area contributed by atoms with Crippen LogP contribution in [0.2, 0.25) is 0 Å². The maximum absolute atomic E-state index is 10.9. The van der Waals surface area contributed by atoms with Gasteiger partial charge in [0.15, 0.2) is 0 Å². The fraction of sp³-hybridized carbons (Fsp3) is 0.200. The predicted molar refractivity (Wildman–Crippen MR) is 119 cm³/mol. The zero-order chi connectivity index (χ0) is 21.3. The molecule has 150 valence electrons. The number of carbonyl (C=O) groups is 1. The Morgan fingerprint density at radius 3 is 2.33 bits per heavy atom. The lowest BCUT2D eigenvalue weighted by Crippen LogP contribution is -2.13. The fourth-order valence-electron chi connectivity index (χ4n) is 3.27. The average molecular weight is 396 g/mol. The van der Waals surface area contributed by atoms with Gasteiger partial charge in [-0.2, -0.15) is 0 Å². The Morgan fingerprint density at radius 1 is 0.900 bits per heavy atom. The molecule has 0 fully saturated rings. The van der Waals surface area contributed by atoms with Crippen LogP contribution in [0.3, 0.4) is 0 Å². The van der Waals surface area contributed by atoms with Crippen molar-refractivity contribution in [3.63, 3.8) is 0 Å². The monoisotopic (exact) mass is 396 g/mol. The lowest BCUT2D eigenvalue weighted by Gasteiger charge is -2.14. The van der Waals surface area contributed by atoms with E-state index in [1.54, 1.807) is 18.3 Å². The van der Waals surface area contributed by atoms with Crippen LogP contribution in [0.4, 0.5) is 0 Å². The molecule has 0 atom stereocenters. The van der Waals surface area contributed by atoms with Gasteiger partial charge < -0.3 is 4.98 Å². The summed E-state index contributed by atoms with van der Waals surface area (Å²) in [6, 6.07) is 17.4. The number of imidazole rings is 1. The van der Waals surface area contributed by atoms with Crippen LogP contribution < -0.4 is 0 Å². The number of pyridine rings is 2. The molecule has 4 rings (SSSR count). The minimum Gasteiger partial charge on any atom is -0.340 e. The molecule has 4 aromatic rings. The summed E-state index contributed by atoms with van der Waals surface area (Å²) in [6.45, 7) is 8.39. The van der Waals surface area contributed by atoms with E-state index in [0.29, 0.717) is 5.56 Å². The minimum atomic E-state index is -0.128. The number of aromatic amines is 1. The van der Waals surface area contributed by atoms with Crippen molar-refractivity contribution in [3.05, 3.63) is 77.9 Å². The normalized spacial score (nSPS) is 11.5. The minimum absolute atomic E-state index is 0.128. The molecule has 1 N–H and O–H groups in total. The average Bonchev–Trinajstić information content (AvgIpc) is 3.20. The van der Waals surface area contributed by atoms with Crippen LogP contribution >= 0.6 is 0 Å². The molecule has 5 nitrogen and oxygen atoms in total. The second kappa shape index (κ2) is 7.67. The number of aryl methyl sites for hydroxylation is 1. The number of benzene rings is 1. The molecule has 1 aromatic carbocycles. The van der Waals surface area contributed by atoms with Crippen molar-refractivity contribution in [1.82, 2.24) is 19.9 Å². The van der Waals surface area contributed by atoms with Crippen molar-refractivity contribution in [2.75, 3.05) is 0 Å². The Kier molecular flexibility index (Phi) is 5.04. The number of H-pyrrole nitrogens is 1. The Bertz CT molecular complexity index is 1200. The Balaban J connectivity index is 1.85. The van der Waals surface area contributed by atoms with E-state index in [2.05, 4.69) is 30.7 Å². The molecule has 0 amide bonds. The SMILES string of the molecule is Cc1cccc(-c2[nH]c(C(C)(C)C)nc2-c2ccnc(-c3ccc(C=O)cc3)c2)n1. The van der Waals surface area contributed by atoms with E-state index >= 15 is 0 Å². The van der Waals surface area contributed by atoms with Gasteiger partial charge in [-0.05, 0) is 31.2 Å². The summed E-state index contributed by atoms with van der Waals surface area (Å²) in [6.07, 6.45) is 2.63. The lowest BCUT2D eigenvalue weighted by molar-refractivity contribution is 0.112. The first-order valence-electron chi connectivity index (χ1n) is 9.92. The summed E-state index contributed by atoms with van der Waals surface area (Å²) in [5, 5.41) is 0. The van der Waals surface area contributed by atoms with Gasteiger partial charge in [0.1, 0.15) is 12.1 Å². The second-order valence-corrected chi connectivity index (χ2v) is 8.39. The first-order valence-corrected chi connectivity index (χ1v) is 9.92. The highest BCUT2D eigenvalue weighted by Gasteiger charge is 2.23. The van der Waals surface area contributed by atoms with Gasteiger partial charge in [-0.25, -0.2) is 4.98 Å². The lowest BCUT2D eigenvalue weighted by atomic mass is 9.96. The third kappa shape index (κ3) is 3.92. The van der Waals surface area contributed by atoms with E-state index in [-0.39, 0.29) is 5.41 Å². The van der Waals surface area contributed by atoms with Crippen molar-refractivity contribution in [2.24, 2.45) is 0 Å². The number of aldehydes is 1. The van der Waals surface area contributed by atoms with Gasteiger partial charge in [0.05, 0.1) is 22.8 Å². The van der Waals surface area contributed by atoms with Gasteiger partial charge in [-0.1, -0.05) is 51.1 Å². The highest BCUT2D eigenvalue weighted by Crippen LogP contribution is 2.34. The summed E-state index contributed by atoms with van der Waals surface area (Å²) >= 11 is 0. The second-order valence-electron chi connectivity index (χ2n) is 8.39. The van der Waals surface area contributed by atoms with Gasteiger partial charge in [-0.15, -0.1) is 0 Å². The Labute approximate surface area is 176 Å². The highest BCUT2D eigenvalue weighted by molar-refractivity contribution is 5.80. The summed E-state index contributed by atoms with van der Waals surface area (Å²) < 4.78 is 0. The van der Waals surface area contributed by atoms with E-state index < -0.39 is 0 Å². The third-order valence-corrected chi connectivity index (χ3v) is 4.93. The number of nitrogens with zero attached hydrogens (tertiary/aromatic N) is 3. The van der Waals surface area contributed by atoms with Crippen LogP contribution in [0.5, 0.6) is 0 Å². The number of hydrogen-bond donors (Lipinski definition) is 1. The van der Waals surface area contributed by atoms with Crippen LogP contribution in [0.15, 0.2) is 60.8 Å². The van der Waals surface area contributed by atoms with E-state index in [4.69, 9.17) is 9.97 Å². The van der Waals surface area contributed by atoms with E-state index in [0.717, 1.165) is 51.7 Å². The van der Waals surface area contributed by atoms with Gasteiger partial charge >= 0.3 is 0 Å². The van der Waals surface area contributed by atoms with Crippen molar-refractivity contribution in [3.8, 4) is 33.9 Å². The number of hydrogen-bond acceptors (Lipinski definition) is 4. The zero-order valence-corrected chi connectivity index (χ0v) is 17.6. The predicted octanol–water partition coefficient (Wildman–Crippen LogP) is 5.62. The number of nitrogens with one attached hydrogen (secondary N) is 1. The quantitative estimate of drug-likeness (QED) is 0.455. The maximum Gasteiger partial charge on any atom is 0.150 e. The van der Waals surface area contributed by atoms with Crippen LogP contribution in [-0.2, 0) is 5.41 Å². The van der Waals surface area contributed by atoms with Gasteiger partial charge in [0, 0.05) is 34.0 Å². The summed E-state index contributed by atoms with van der Waals surface area (Å²) in [4.78, 5) is 28.6. The summed E-state index contributed by atoms with van der Waals surface area (Å²) in [5.74, 6) is 0.907. The topological polar surface area (TPSA) is 71.5 Å². The molecule has 0 spiro atoms. The molecule has 5 heteroatoms. The molecule has 3 aromatic heterocycles. The molecule has 30 heavy (non-hydrogen) atoms. The largest absolute Gasteiger partial charge is 0.340 e. The molecule has 0 aliphatic carbocycles. The third-order valence-electron chi connectivity index (χ3n) is 4.93. The molecule has 0 aliphatic heterocycles. The van der Waals surface area contributed by atoms with E-state index in [1.807, 2.05) is 49.4 Å². The first-order chi connectivity index (χ1) is 14.3. The van der Waals surface area contributed by atoms with Crippen molar-refractivity contribution in [2.45, 2.75) is 33.1 Å². The zero-order valence-electron chi connectivity index (χ0n) is 17.6. The molecular formula is C25H24N4O. The number of aromatic nitrogens is 4. The van der Waals surface area contributed by atoms with Crippen molar-refractivity contribution >= 4 is 6.29 Å². The van der Waals surface area contributed by atoms with Gasteiger partial charge in [0.25, 0.3) is 0 Å². The van der Waals surface area contributed by atoms with E-state index in [9.17, 15) is 4.79 Å². The van der Waals surface area contributed by atoms with Crippen LogP contribution in [0.1, 0.15) is 42.6 Å². The number of rotatable bonds is 4. The van der Waals surface area contributed by atoms with E-state index in [1.165, 1.54) is 0 Å². The van der Waals surface area contributed by atoms with Crippen LogP contribution in [-0.4, -0.2) is 26.2 Å². The Hall–Kier alpha value is -3.60. The van der Waals surface area contributed by atoms with Crippen LogP contribution in [0.25, 0.3) is 33.9 Å². The molecule has 0 saturated heterocycles. The molecular weight excluding hydrogens is 372 g/mol. The smallest absolute Gasteiger partial charge is 0.150 e. The summed E-state index contributed by atoms with van der Waals surface area (Å²) in [5.41, 5.74) is 6.82. The van der Waals surface area contributed by atoms with Crippen molar-refractivity contribution in [1.29, 1.82) is 0 Å². The molecule has 3 heterocycles. The Morgan fingerprint density at radius 2 is 1.67 bits per heavy atom. The van der Waals surface area contributed by atoms with Gasteiger partial charge in [0.2, 0.25) is 0 Å². The standard InChI is InChI=1S/C25H24N4O/c1-16-6-5-7-20(27-16)23-22(28-24(29-23)25(2,3)4)19-12-13-26-21(14-19)18-10-8-17(15-30)9-11-18/h5-15H,1-4H3,(H,28,29). The molecule has 0 radical (unpaired) electrons. The molecule has 0 unspecified atom stereocenters. The van der Waals surface area contributed by atoms with Gasteiger partial charge in [-0.3, -0.25) is 14.8 Å². The molecule has 0 aliphatic rings. The van der Waals surface area contributed by atoms with Crippen molar-refractivity contribution < 1.29 is 4.79 Å². The summed E-state index contributed by atoms with van der Waals surface area (Å²) in [7, 11) is 0. The number of carbonyl (C=O) groups excluding carboxylic acids is 1. The molecule has 0 saturated carbocycles. The maximum atomic E-state index is 10.9. The highest BCUT2D eigenvalue weighted by atomic mass is 16.1. The fourth-order valence-corrected chi connectivity index (χ4v) is 3.27. The molecule has 0 bridgehead atoms.